The summed E-state index contributed by atoms with van der Waals surface area (Å²) in [4.78, 5) is 53.5. The van der Waals surface area contributed by atoms with E-state index >= 15 is 0 Å². The average molecular weight is 485 g/mol. The maximum atomic E-state index is 13.0. The molecule has 0 spiro atoms. The number of amides is 4. The molecule has 1 saturated carbocycles. The van der Waals surface area contributed by atoms with Crippen LogP contribution in [0.15, 0.2) is 4.99 Å². The molecule has 34 heavy (non-hydrogen) atoms. The van der Waals surface area contributed by atoms with E-state index in [0.29, 0.717) is 32.2 Å². The van der Waals surface area contributed by atoms with Crippen LogP contribution < -0.4 is 38.9 Å². The Morgan fingerprint density at radius 2 is 1.50 bits per heavy atom. The molecule has 0 bridgehead atoms. The Balaban J connectivity index is 2.80. The monoisotopic (exact) mass is 484 g/mol. The van der Waals surface area contributed by atoms with Crippen molar-refractivity contribution in [3.8, 4) is 0 Å². The number of rotatable bonds is 16. The molecule has 1 rings (SSSR count). The van der Waals surface area contributed by atoms with Gasteiger partial charge in [-0.25, -0.2) is 0 Å². The lowest BCUT2D eigenvalue weighted by molar-refractivity contribution is -0.134. The molecule has 4 atom stereocenters. The van der Waals surface area contributed by atoms with Gasteiger partial charge in [0.05, 0.1) is 12.6 Å². The zero-order valence-electron chi connectivity index (χ0n) is 20.0. The van der Waals surface area contributed by atoms with E-state index in [1.807, 2.05) is 13.8 Å². The summed E-state index contributed by atoms with van der Waals surface area (Å²) < 4.78 is 0. The highest BCUT2D eigenvalue weighted by atomic mass is 16.3. The lowest BCUT2D eigenvalue weighted by Crippen LogP contribution is -2.58. The van der Waals surface area contributed by atoms with Gasteiger partial charge in [0.15, 0.2) is 5.96 Å². The van der Waals surface area contributed by atoms with Crippen LogP contribution in [-0.4, -0.2) is 72.0 Å². The summed E-state index contributed by atoms with van der Waals surface area (Å²) in [5.41, 5.74) is 21.7. The number of nitrogens with two attached hydrogens (primary N) is 4. The first kappa shape index (κ1) is 29.1. The van der Waals surface area contributed by atoms with Gasteiger partial charge in [-0.2, -0.15) is 0 Å². The topological polar surface area (TPSA) is 241 Å². The van der Waals surface area contributed by atoms with Crippen molar-refractivity contribution in [2.75, 3.05) is 13.2 Å². The summed E-state index contributed by atoms with van der Waals surface area (Å²) in [6.07, 6.45) is 3.38. The van der Waals surface area contributed by atoms with Crippen molar-refractivity contribution in [2.45, 2.75) is 76.5 Å². The SMILES string of the molecule is CC(C)C[C@H](NC(=O)[C@@H](N)CCCN=C(N)N)C(=O)N[C@@H](CC1CC1)C(=O)N[C@@H](CO)C(N)=O. The van der Waals surface area contributed by atoms with E-state index in [0.717, 1.165) is 12.8 Å². The van der Waals surface area contributed by atoms with Crippen molar-refractivity contribution in [3.05, 3.63) is 0 Å². The van der Waals surface area contributed by atoms with E-state index in [4.69, 9.17) is 22.9 Å². The van der Waals surface area contributed by atoms with Gasteiger partial charge in [-0.1, -0.05) is 26.7 Å². The number of aliphatic hydroxyl groups excluding tert-OH is 1. The summed E-state index contributed by atoms with van der Waals surface area (Å²) in [5.74, 6) is -2.24. The number of aliphatic hydroxyl groups is 1. The van der Waals surface area contributed by atoms with Crippen LogP contribution in [0.5, 0.6) is 0 Å². The molecule has 1 aliphatic carbocycles. The minimum atomic E-state index is -1.26. The molecule has 4 amide bonds. The summed E-state index contributed by atoms with van der Waals surface area (Å²) in [5, 5.41) is 17.0. The summed E-state index contributed by atoms with van der Waals surface area (Å²) >= 11 is 0. The van der Waals surface area contributed by atoms with Crippen molar-refractivity contribution in [1.29, 1.82) is 0 Å². The summed E-state index contributed by atoms with van der Waals surface area (Å²) in [6.45, 7) is 3.47. The van der Waals surface area contributed by atoms with Gasteiger partial charge < -0.3 is 44.0 Å². The van der Waals surface area contributed by atoms with Crippen LogP contribution in [0.25, 0.3) is 0 Å². The number of guanidine groups is 1. The Labute approximate surface area is 199 Å². The molecule has 194 valence electrons. The highest BCUT2D eigenvalue weighted by Crippen LogP contribution is 2.33. The first-order chi connectivity index (χ1) is 15.9. The maximum absolute atomic E-state index is 13.0. The fraction of sp³-hybridized carbons (Fsp3) is 0.762. The first-order valence-electron chi connectivity index (χ1n) is 11.6. The van der Waals surface area contributed by atoms with Crippen LogP contribution in [-0.2, 0) is 19.2 Å². The fourth-order valence-corrected chi connectivity index (χ4v) is 3.30. The number of hydrogen-bond acceptors (Lipinski definition) is 7. The zero-order chi connectivity index (χ0) is 25.8. The lowest BCUT2D eigenvalue weighted by atomic mass is 10.0. The zero-order valence-corrected chi connectivity index (χ0v) is 20.0. The number of nitrogens with one attached hydrogen (secondary N) is 3. The second-order valence-corrected chi connectivity index (χ2v) is 9.13. The van der Waals surface area contributed by atoms with Crippen molar-refractivity contribution in [3.63, 3.8) is 0 Å². The minimum absolute atomic E-state index is 0.0439. The normalized spacial score (nSPS) is 16.6. The standard InChI is InChI=1S/C21H40N8O5/c1-11(2)8-14(27-18(32)13(22)4-3-7-26-21(24)25)19(33)28-15(9-12-5-6-12)20(34)29-16(10-30)17(23)31/h11-16,30H,3-10,22H2,1-2H3,(H2,23,31)(H,27,32)(H,28,33)(H,29,34)(H4,24,25,26)/t13-,14-,15-,16-/m0/s1. The van der Waals surface area contributed by atoms with E-state index in [2.05, 4.69) is 20.9 Å². The molecule has 13 heteroatoms. The van der Waals surface area contributed by atoms with Crippen LogP contribution in [0.2, 0.25) is 0 Å². The smallest absolute Gasteiger partial charge is 0.243 e. The molecular weight excluding hydrogens is 444 g/mol. The molecule has 0 saturated heterocycles. The Kier molecular flexibility index (Phi) is 12.3. The molecule has 0 aliphatic heterocycles. The van der Waals surface area contributed by atoms with Crippen molar-refractivity contribution >= 4 is 29.6 Å². The molecule has 1 aliphatic rings. The minimum Gasteiger partial charge on any atom is -0.394 e. The van der Waals surface area contributed by atoms with Crippen molar-refractivity contribution in [1.82, 2.24) is 16.0 Å². The van der Waals surface area contributed by atoms with Crippen LogP contribution in [0, 0.1) is 11.8 Å². The molecule has 1 fully saturated rings. The van der Waals surface area contributed by atoms with E-state index in [-0.39, 0.29) is 17.8 Å². The van der Waals surface area contributed by atoms with E-state index in [1.54, 1.807) is 0 Å². The molecule has 0 aromatic rings. The quantitative estimate of drug-likeness (QED) is 0.0642. The largest absolute Gasteiger partial charge is 0.394 e. The fourth-order valence-electron chi connectivity index (χ4n) is 3.30. The van der Waals surface area contributed by atoms with Crippen LogP contribution >= 0.6 is 0 Å². The molecule has 0 aromatic heterocycles. The van der Waals surface area contributed by atoms with Gasteiger partial charge in [0.2, 0.25) is 23.6 Å². The van der Waals surface area contributed by atoms with Gasteiger partial charge in [0, 0.05) is 6.54 Å². The maximum Gasteiger partial charge on any atom is 0.243 e. The van der Waals surface area contributed by atoms with Gasteiger partial charge in [0.25, 0.3) is 0 Å². The Bertz CT molecular complexity index is 737. The van der Waals surface area contributed by atoms with Gasteiger partial charge in [0.1, 0.15) is 18.1 Å². The van der Waals surface area contributed by atoms with Gasteiger partial charge in [-0.05, 0) is 37.5 Å². The predicted octanol–water partition coefficient (Wildman–Crippen LogP) is -2.85. The predicted molar refractivity (Wildman–Crippen MR) is 127 cm³/mol. The summed E-state index contributed by atoms with van der Waals surface area (Å²) in [7, 11) is 0. The van der Waals surface area contributed by atoms with Crippen molar-refractivity contribution in [2.24, 2.45) is 39.8 Å². The van der Waals surface area contributed by atoms with Crippen LogP contribution in [0.1, 0.15) is 52.4 Å². The third-order valence-electron chi connectivity index (χ3n) is 5.39. The number of primary amides is 1. The van der Waals surface area contributed by atoms with E-state index in [9.17, 15) is 24.3 Å². The highest BCUT2D eigenvalue weighted by molar-refractivity contribution is 5.94. The van der Waals surface area contributed by atoms with Gasteiger partial charge >= 0.3 is 0 Å². The van der Waals surface area contributed by atoms with Gasteiger partial charge in [-0.15, -0.1) is 0 Å². The average Bonchev–Trinajstić information content (AvgIpc) is 3.56. The molecule has 0 heterocycles. The van der Waals surface area contributed by atoms with Crippen LogP contribution in [0.3, 0.4) is 0 Å². The lowest BCUT2D eigenvalue weighted by Gasteiger charge is -2.26. The second-order valence-electron chi connectivity index (χ2n) is 9.13. The second kappa shape index (κ2) is 14.4. The van der Waals surface area contributed by atoms with E-state index < -0.39 is 54.4 Å². The third kappa shape index (κ3) is 11.3. The Hall–Kier alpha value is -2.93. The Morgan fingerprint density at radius 1 is 0.941 bits per heavy atom. The van der Waals surface area contributed by atoms with Crippen LogP contribution in [0.4, 0.5) is 0 Å². The van der Waals surface area contributed by atoms with E-state index in [1.165, 1.54) is 0 Å². The molecule has 0 aromatic carbocycles. The molecule has 0 unspecified atom stereocenters. The molecule has 0 radical (unpaired) electrons. The molecule has 12 N–H and O–H groups in total. The number of carbonyl (C=O) groups excluding carboxylic acids is 4. The van der Waals surface area contributed by atoms with Gasteiger partial charge in [-0.3, -0.25) is 24.2 Å². The first-order valence-corrected chi connectivity index (χ1v) is 11.6. The number of aliphatic imine (C=N–C) groups is 1. The Morgan fingerprint density at radius 3 is 2.00 bits per heavy atom. The number of carbonyl (C=O) groups is 4. The molecular formula is C21H40N8O5. The highest BCUT2D eigenvalue weighted by Gasteiger charge is 2.34. The third-order valence-corrected chi connectivity index (χ3v) is 5.39. The number of hydrogen-bond donors (Lipinski definition) is 8. The summed E-state index contributed by atoms with van der Waals surface area (Å²) in [6, 6.07) is -3.96. The number of nitrogens with zero attached hydrogens (tertiary/aromatic N) is 1. The molecule has 13 nitrogen and oxygen atoms in total. The van der Waals surface area contributed by atoms with Crippen molar-refractivity contribution < 1.29 is 24.3 Å².